The second kappa shape index (κ2) is 2.68. The first-order valence-corrected chi connectivity index (χ1v) is 2.83. The summed E-state index contributed by atoms with van der Waals surface area (Å²) in [6, 6.07) is 0. The topological polar surface area (TPSA) is 25.8 Å². The van der Waals surface area contributed by atoms with Gasteiger partial charge in [-0.2, -0.15) is 9.37 Å². The van der Waals surface area contributed by atoms with Crippen LogP contribution >= 0.6 is 0 Å². The standard InChI is InChI=1S/C6H5F2N2/c1-2-5-4(7)3-9-6(8)10-5/h2H2,1H3. The van der Waals surface area contributed by atoms with E-state index in [1.165, 1.54) is 0 Å². The lowest BCUT2D eigenvalue weighted by Crippen LogP contribution is -1.98. The largest absolute Gasteiger partial charge is 0.309 e. The van der Waals surface area contributed by atoms with Gasteiger partial charge in [0.1, 0.15) is 6.20 Å². The van der Waals surface area contributed by atoms with Gasteiger partial charge in [0, 0.05) is 0 Å². The minimum absolute atomic E-state index is 0.0625. The Kier molecular flexibility index (Phi) is 1.89. The summed E-state index contributed by atoms with van der Waals surface area (Å²) < 4.78 is 24.5. The van der Waals surface area contributed by atoms with Crippen LogP contribution in [0.1, 0.15) is 12.6 Å². The average molecular weight is 143 g/mol. The number of halogens is 2. The molecule has 0 amide bonds. The van der Waals surface area contributed by atoms with E-state index in [-0.39, 0.29) is 5.69 Å². The molecule has 0 bridgehead atoms. The van der Waals surface area contributed by atoms with Crippen molar-refractivity contribution < 1.29 is 8.78 Å². The number of rotatable bonds is 1. The molecule has 1 radical (unpaired) electrons. The van der Waals surface area contributed by atoms with E-state index >= 15 is 0 Å². The SMILES string of the molecule is CCc1nc(F)n[c]c1F. The quantitative estimate of drug-likeness (QED) is 0.550. The van der Waals surface area contributed by atoms with E-state index in [4.69, 9.17) is 0 Å². The summed E-state index contributed by atoms with van der Waals surface area (Å²) in [5.41, 5.74) is 0.0625. The lowest BCUT2D eigenvalue weighted by atomic mass is 10.3. The Hall–Kier alpha value is -1.06. The molecule has 0 spiro atoms. The zero-order valence-electron chi connectivity index (χ0n) is 5.36. The van der Waals surface area contributed by atoms with Crippen LogP contribution in [0.4, 0.5) is 8.78 Å². The monoisotopic (exact) mass is 143 g/mol. The molecule has 0 fully saturated rings. The minimum atomic E-state index is -0.932. The smallest absolute Gasteiger partial charge is 0.204 e. The van der Waals surface area contributed by atoms with E-state index in [1.807, 2.05) is 6.20 Å². The average Bonchev–Trinajstić information content (AvgIpc) is 1.94. The van der Waals surface area contributed by atoms with Crippen molar-refractivity contribution in [2.24, 2.45) is 0 Å². The molecular weight excluding hydrogens is 138 g/mol. The predicted octanol–water partition coefficient (Wildman–Crippen LogP) is 1.12. The zero-order chi connectivity index (χ0) is 7.56. The van der Waals surface area contributed by atoms with E-state index in [2.05, 4.69) is 9.97 Å². The van der Waals surface area contributed by atoms with Crippen molar-refractivity contribution >= 4 is 0 Å². The molecule has 1 aromatic rings. The Labute approximate surface area is 56.9 Å². The molecule has 0 atom stereocenters. The maximum atomic E-state index is 12.4. The van der Waals surface area contributed by atoms with Crippen LogP contribution in [0, 0.1) is 18.1 Å². The first-order valence-electron chi connectivity index (χ1n) is 2.83. The highest BCUT2D eigenvalue weighted by Crippen LogP contribution is 2.01. The predicted molar refractivity (Wildman–Crippen MR) is 30.2 cm³/mol. The highest BCUT2D eigenvalue weighted by atomic mass is 19.1. The summed E-state index contributed by atoms with van der Waals surface area (Å²) in [5.74, 6) is -0.677. The molecule has 0 aliphatic carbocycles. The summed E-state index contributed by atoms with van der Waals surface area (Å²) in [7, 11) is 0. The molecule has 2 nitrogen and oxygen atoms in total. The van der Waals surface area contributed by atoms with Crippen LogP contribution in [-0.4, -0.2) is 9.97 Å². The van der Waals surface area contributed by atoms with Crippen molar-refractivity contribution in [3.05, 3.63) is 23.8 Å². The lowest BCUT2D eigenvalue weighted by molar-refractivity contribution is 0.501. The third-order valence-electron chi connectivity index (χ3n) is 1.06. The van der Waals surface area contributed by atoms with Gasteiger partial charge in [-0.05, 0) is 6.42 Å². The fourth-order valence-corrected chi connectivity index (χ4v) is 0.579. The van der Waals surface area contributed by atoms with Crippen molar-refractivity contribution in [2.45, 2.75) is 13.3 Å². The van der Waals surface area contributed by atoms with Gasteiger partial charge < -0.3 is 0 Å². The molecule has 53 valence electrons. The maximum absolute atomic E-state index is 12.4. The summed E-state index contributed by atoms with van der Waals surface area (Å²) >= 11 is 0. The van der Waals surface area contributed by atoms with Crippen LogP contribution in [0.25, 0.3) is 0 Å². The first-order chi connectivity index (χ1) is 4.74. The van der Waals surface area contributed by atoms with Crippen LogP contribution in [0.3, 0.4) is 0 Å². The molecule has 4 heteroatoms. The third kappa shape index (κ3) is 1.26. The van der Waals surface area contributed by atoms with E-state index < -0.39 is 11.9 Å². The molecule has 0 saturated carbocycles. The summed E-state index contributed by atoms with van der Waals surface area (Å²) in [4.78, 5) is 6.12. The fourth-order valence-electron chi connectivity index (χ4n) is 0.579. The number of nitrogens with zero attached hydrogens (tertiary/aromatic N) is 2. The van der Waals surface area contributed by atoms with Crippen LogP contribution in [0.2, 0.25) is 0 Å². The Balaban J connectivity index is 3.09. The molecule has 0 aromatic carbocycles. The number of hydrogen-bond acceptors (Lipinski definition) is 2. The molecule has 10 heavy (non-hydrogen) atoms. The normalized spacial score (nSPS) is 9.90. The summed E-state index contributed by atoms with van der Waals surface area (Å²) in [6.07, 6.45) is 1.28. The summed E-state index contributed by atoms with van der Waals surface area (Å²) in [5, 5.41) is 0. The number of hydrogen-bond donors (Lipinski definition) is 0. The maximum Gasteiger partial charge on any atom is 0.309 e. The molecule has 0 aliphatic heterocycles. The first kappa shape index (κ1) is 7.05. The van der Waals surface area contributed by atoms with Crippen molar-refractivity contribution in [1.82, 2.24) is 9.97 Å². The van der Waals surface area contributed by atoms with Crippen LogP contribution in [0.5, 0.6) is 0 Å². The van der Waals surface area contributed by atoms with E-state index in [9.17, 15) is 8.78 Å². The highest BCUT2D eigenvalue weighted by Gasteiger charge is 2.03. The molecule has 0 N–H and O–H groups in total. The van der Waals surface area contributed by atoms with Gasteiger partial charge in [0.15, 0.2) is 5.82 Å². The molecule has 0 saturated heterocycles. The van der Waals surface area contributed by atoms with Crippen LogP contribution < -0.4 is 0 Å². The molecular formula is C6H5F2N2. The van der Waals surface area contributed by atoms with Crippen molar-refractivity contribution in [3.8, 4) is 0 Å². The van der Waals surface area contributed by atoms with Gasteiger partial charge in [-0.3, -0.25) is 0 Å². The Morgan fingerprint density at radius 2 is 2.20 bits per heavy atom. The van der Waals surface area contributed by atoms with Gasteiger partial charge >= 0.3 is 6.08 Å². The van der Waals surface area contributed by atoms with Crippen molar-refractivity contribution in [3.63, 3.8) is 0 Å². The highest BCUT2D eigenvalue weighted by molar-refractivity contribution is 5.00. The van der Waals surface area contributed by atoms with Gasteiger partial charge in [-0.1, -0.05) is 6.92 Å². The van der Waals surface area contributed by atoms with E-state index in [0.717, 1.165) is 0 Å². The Bertz CT molecular complexity index is 237. The lowest BCUT2D eigenvalue weighted by Gasteiger charge is -1.94. The van der Waals surface area contributed by atoms with Gasteiger partial charge in [0.25, 0.3) is 0 Å². The minimum Gasteiger partial charge on any atom is -0.204 e. The second-order valence-corrected chi connectivity index (χ2v) is 1.72. The fraction of sp³-hybridized carbons (Fsp3) is 0.333. The summed E-state index contributed by atoms with van der Waals surface area (Å²) in [6.45, 7) is 1.68. The second-order valence-electron chi connectivity index (χ2n) is 1.72. The van der Waals surface area contributed by atoms with Crippen LogP contribution in [-0.2, 0) is 6.42 Å². The van der Waals surface area contributed by atoms with Gasteiger partial charge in [-0.25, -0.2) is 9.37 Å². The molecule has 1 heterocycles. The Morgan fingerprint density at radius 3 is 2.70 bits per heavy atom. The van der Waals surface area contributed by atoms with Crippen molar-refractivity contribution in [1.29, 1.82) is 0 Å². The van der Waals surface area contributed by atoms with Crippen LogP contribution in [0.15, 0.2) is 0 Å². The number of aromatic nitrogens is 2. The van der Waals surface area contributed by atoms with E-state index in [0.29, 0.717) is 6.42 Å². The Morgan fingerprint density at radius 1 is 1.50 bits per heavy atom. The van der Waals surface area contributed by atoms with Gasteiger partial charge in [0.05, 0.1) is 5.69 Å². The van der Waals surface area contributed by atoms with Gasteiger partial charge in [-0.15, -0.1) is 0 Å². The van der Waals surface area contributed by atoms with Crippen molar-refractivity contribution in [2.75, 3.05) is 0 Å². The number of aryl methyl sites for hydroxylation is 1. The van der Waals surface area contributed by atoms with E-state index in [1.54, 1.807) is 6.92 Å². The zero-order valence-corrected chi connectivity index (χ0v) is 5.36. The molecule has 1 aromatic heterocycles. The third-order valence-corrected chi connectivity index (χ3v) is 1.06. The molecule has 1 rings (SSSR count). The molecule has 0 aliphatic rings. The van der Waals surface area contributed by atoms with Gasteiger partial charge in [0.2, 0.25) is 0 Å². The molecule has 0 unspecified atom stereocenters.